The highest BCUT2D eigenvalue weighted by Crippen LogP contribution is 2.37. The first-order chi connectivity index (χ1) is 18.6. The van der Waals surface area contributed by atoms with E-state index in [0.717, 1.165) is 37.4 Å². The molecule has 14 heteroatoms. The van der Waals surface area contributed by atoms with Crippen molar-refractivity contribution in [3.63, 3.8) is 0 Å². The second kappa shape index (κ2) is 10.7. The predicted molar refractivity (Wildman–Crippen MR) is 137 cm³/mol. The number of aryl methyl sites for hydroxylation is 1. The fourth-order valence-corrected chi connectivity index (χ4v) is 4.85. The van der Waals surface area contributed by atoms with Crippen LogP contribution in [0.15, 0.2) is 24.4 Å². The lowest BCUT2D eigenvalue weighted by Gasteiger charge is -2.34. The number of hydrogen-bond acceptors (Lipinski definition) is 9. The molecule has 1 amide bonds. The molecule has 0 unspecified atom stereocenters. The summed E-state index contributed by atoms with van der Waals surface area (Å²) in [7, 11) is 2.04. The van der Waals surface area contributed by atoms with Crippen molar-refractivity contribution < 1.29 is 27.8 Å². The van der Waals surface area contributed by atoms with Gasteiger partial charge in [0.25, 0.3) is 5.91 Å². The largest absolute Gasteiger partial charge is 0.482 e. The molecule has 11 nitrogen and oxygen atoms in total. The maximum atomic E-state index is 13.0. The molecule has 1 aliphatic carbocycles. The molecule has 2 aromatic heterocycles. The van der Waals surface area contributed by atoms with Crippen LogP contribution in [0.5, 0.6) is 5.75 Å². The van der Waals surface area contributed by atoms with E-state index in [0.29, 0.717) is 29.8 Å². The quantitative estimate of drug-likeness (QED) is 0.388. The van der Waals surface area contributed by atoms with Crippen LogP contribution in [0.25, 0.3) is 11.4 Å². The number of ether oxygens (including phenoxy) is 1. The van der Waals surface area contributed by atoms with Crippen LogP contribution in [-0.4, -0.2) is 88.3 Å². The number of alkyl halides is 3. The summed E-state index contributed by atoms with van der Waals surface area (Å²) in [5.74, 6) is -0.536. The van der Waals surface area contributed by atoms with Gasteiger partial charge in [0.15, 0.2) is 12.3 Å². The van der Waals surface area contributed by atoms with E-state index in [1.165, 1.54) is 10.7 Å². The fourth-order valence-electron chi connectivity index (χ4n) is 4.85. The molecular weight excluding hydrogens is 517 g/mol. The topological polar surface area (TPSA) is 135 Å². The number of carbonyl (C=O) groups excluding carboxylic acids is 1. The molecule has 0 saturated carbocycles. The molecule has 4 N–H and O–H groups in total. The first-order valence-corrected chi connectivity index (χ1v) is 12.5. The molecule has 0 atom stereocenters. The number of aromatic nitrogens is 4. The molecule has 0 spiro atoms. The normalized spacial score (nSPS) is 15.6. The number of fused-ring (bicyclic) bond motifs is 3. The molecule has 39 heavy (non-hydrogen) atoms. The zero-order valence-corrected chi connectivity index (χ0v) is 21.3. The first kappa shape index (κ1) is 26.7. The van der Waals surface area contributed by atoms with Gasteiger partial charge in [-0.3, -0.25) is 9.48 Å². The van der Waals surface area contributed by atoms with Crippen molar-refractivity contribution in [1.82, 2.24) is 24.6 Å². The van der Waals surface area contributed by atoms with Crippen LogP contribution in [-0.2, 0) is 19.4 Å². The monoisotopic (exact) mass is 546 g/mol. The number of nitrogens with one attached hydrogen (secondary N) is 1. The van der Waals surface area contributed by atoms with Crippen molar-refractivity contribution in [3.8, 4) is 17.1 Å². The Bertz CT molecular complexity index is 1370. The average molecular weight is 547 g/mol. The Morgan fingerprint density at radius 1 is 1.21 bits per heavy atom. The third kappa shape index (κ3) is 5.76. The van der Waals surface area contributed by atoms with Gasteiger partial charge in [0.1, 0.15) is 5.75 Å². The molecule has 0 bridgehead atoms. The Kier molecular flexibility index (Phi) is 7.32. The van der Waals surface area contributed by atoms with E-state index in [2.05, 4.69) is 30.2 Å². The minimum absolute atomic E-state index is 0.00792. The number of anilines is 3. The Hall–Kier alpha value is -3.91. The summed E-state index contributed by atoms with van der Waals surface area (Å²) in [5.41, 5.74) is 9.29. The van der Waals surface area contributed by atoms with E-state index < -0.39 is 18.7 Å². The van der Waals surface area contributed by atoms with Gasteiger partial charge in [0, 0.05) is 43.6 Å². The SMILES string of the molecule is CN1CCN(c2ccc(OCC(F)(F)F)c(Nc3ncc4c(n3)-c3c(c(C(N)=O)nn3CCO)CC4)c2)CC1. The summed E-state index contributed by atoms with van der Waals surface area (Å²) in [6.07, 6.45) is -1.82. The van der Waals surface area contributed by atoms with E-state index >= 15 is 0 Å². The van der Waals surface area contributed by atoms with Gasteiger partial charge in [-0.2, -0.15) is 18.3 Å². The molecule has 1 saturated heterocycles. The number of primary amides is 1. The molecule has 3 aromatic rings. The number of likely N-dealkylation sites (N-methyl/N-ethyl adjacent to an activating group) is 1. The third-order valence-electron chi connectivity index (χ3n) is 6.80. The molecule has 5 rings (SSSR count). The Morgan fingerprint density at radius 3 is 2.67 bits per heavy atom. The maximum Gasteiger partial charge on any atom is 0.422 e. The molecule has 0 radical (unpaired) electrons. The molecular formula is C25H29F3N8O3. The van der Waals surface area contributed by atoms with E-state index in [-0.39, 0.29) is 36.2 Å². The molecule has 208 valence electrons. The number of benzene rings is 1. The second-order valence-electron chi connectivity index (χ2n) is 9.55. The minimum atomic E-state index is -4.50. The second-order valence-corrected chi connectivity index (χ2v) is 9.55. The van der Waals surface area contributed by atoms with Gasteiger partial charge in [0.05, 0.1) is 30.2 Å². The van der Waals surface area contributed by atoms with Gasteiger partial charge in [-0.25, -0.2) is 9.97 Å². The van der Waals surface area contributed by atoms with Crippen LogP contribution < -0.4 is 20.7 Å². The number of carbonyl (C=O) groups is 1. The number of aliphatic hydroxyl groups excluding tert-OH is 1. The van der Waals surface area contributed by atoms with E-state index in [9.17, 15) is 23.1 Å². The van der Waals surface area contributed by atoms with Crippen molar-refractivity contribution >= 4 is 23.2 Å². The number of nitrogens with zero attached hydrogens (tertiary/aromatic N) is 6. The first-order valence-electron chi connectivity index (χ1n) is 12.5. The summed E-state index contributed by atoms with van der Waals surface area (Å²) >= 11 is 0. The summed E-state index contributed by atoms with van der Waals surface area (Å²) < 4.78 is 45.5. The van der Waals surface area contributed by atoms with Gasteiger partial charge in [-0.05, 0) is 43.7 Å². The number of amides is 1. The zero-order valence-electron chi connectivity index (χ0n) is 21.3. The smallest absolute Gasteiger partial charge is 0.422 e. The Balaban J connectivity index is 1.51. The van der Waals surface area contributed by atoms with Crippen LogP contribution in [0.1, 0.15) is 21.6 Å². The Labute approximate surface area is 222 Å². The standard InChI is InChI=1S/C25H29F3N8O3/c1-34-6-8-35(9-7-34)16-3-5-19(39-14-25(26,27)28)18(12-16)31-24-30-13-15-2-4-17-21(23(29)38)33-36(10-11-37)22(17)20(15)32-24/h3,5,12-13,37H,2,4,6-11,14H2,1H3,(H2,29,38)(H,30,31,32). The van der Waals surface area contributed by atoms with Crippen molar-refractivity contribution in [3.05, 3.63) is 41.2 Å². The van der Waals surface area contributed by atoms with E-state index in [1.54, 1.807) is 18.3 Å². The number of hydrogen-bond donors (Lipinski definition) is 3. The van der Waals surface area contributed by atoms with E-state index in [4.69, 9.17) is 10.5 Å². The summed E-state index contributed by atoms with van der Waals surface area (Å²) in [6.45, 7) is 1.74. The molecule has 3 heterocycles. The van der Waals surface area contributed by atoms with Crippen molar-refractivity contribution in [2.24, 2.45) is 5.73 Å². The Morgan fingerprint density at radius 2 is 1.97 bits per heavy atom. The number of nitrogens with two attached hydrogens (primary N) is 1. The third-order valence-corrected chi connectivity index (χ3v) is 6.80. The fraction of sp³-hybridized carbons (Fsp3) is 0.440. The van der Waals surface area contributed by atoms with Crippen LogP contribution in [0.3, 0.4) is 0 Å². The highest BCUT2D eigenvalue weighted by molar-refractivity contribution is 5.94. The lowest BCUT2D eigenvalue weighted by molar-refractivity contribution is -0.153. The number of halogens is 3. The minimum Gasteiger partial charge on any atom is -0.482 e. The lowest BCUT2D eigenvalue weighted by Crippen LogP contribution is -2.44. The average Bonchev–Trinajstić information content (AvgIpc) is 3.27. The van der Waals surface area contributed by atoms with Crippen molar-refractivity contribution in [2.45, 2.75) is 25.6 Å². The molecule has 1 aromatic carbocycles. The maximum absolute atomic E-state index is 13.0. The predicted octanol–water partition coefficient (Wildman–Crippen LogP) is 1.97. The highest BCUT2D eigenvalue weighted by atomic mass is 19.4. The highest BCUT2D eigenvalue weighted by Gasteiger charge is 2.30. The van der Waals surface area contributed by atoms with Crippen molar-refractivity contribution in [2.75, 3.05) is 56.7 Å². The van der Waals surface area contributed by atoms with Gasteiger partial charge >= 0.3 is 6.18 Å². The van der Waals surface area contributed by atoms with Gasteiger partial charge < -0.3 is 30.7 Å². The summed E-state index contributed by atoms with van der Waals surface area (Å²) in [5, 5.41) is 16.9. The summed E-state index contributed by atoms with van der Waals surface area (Å²) in [6, 6.07) is 4.97. The zero-order chi connectivity index (χ0) is 27.7. The van der Waals surface area contributed by atoms with Gasteiger partial charge in [-0.1, -0.05) is 0 Å². The number of piperazine rings is 1. The van der Waals surface area contributed by atoms with Gasteiger partial charge in [0.2, 0.25) is 5.95 Å². The summed E-state index contributed by atoms with van der Waals surface area (Å²) in [4.78, 5) is 25.4. The molecule has 2 aliphatic rings. The van der Waals surface area contributed by atoms with Crippen LogP contribution >= 0.6 is 0 Å². The van der Waals surface area contributed by atoms with Crippen LogP contribution in [0, 0.1) is 0 Å². The van der Waals surface area contributed by atoms with E-state index in [1.807, 2.05) is 7.05 Å². The van der Waals surface area contributed by atoms with Gasteiger partial charge in [-0.15, -0.1) is 0 Å². The number of aliphatic hydroxyl groups is 1. The van der Waals surface area contributed by atoms with Crippen LogP contribution in [0.4, 0.5) is 30.5 Å². The lowest BCUT2D eigenvalue weighted by atomic mass is 9.93. The van der Waals surface area contributed by atoms with Crippen LogP contribution in [0.2, 0.25) is 0 Å². The number of rotatable bonds is 8. The molecule has 1 aliphatic heterocycles. The van der Waals surface area contributed by atoms with Crippen molar-refractivity contribution in [1.29, 1.82) is 0 Å². The molecule has 1 fully saturated rings.